The zero-order valence-corrected chi connectivity index (χ0v) is 5.14. The third-order valence-electron chi connectivity index (χ3n) is 2.58. The zero-order valence-electron chi connectivity index (χ0n) is 5.14. The molecule has 2 rings (SSSR count). The molecule has 0 saturated heterocycles. The van der Waals surface area contributed by atoms with Crippen LogP contribution in [0.15, 0.2) is 0 Å². The zero-order chi connectivity index (χ0) is 6.43. The Hall–Kier alpha value is -0.400. The average Bonchev–Trinajstić information content (AvgIpc) is 2.30. The van der Waals surface area contributed by atoms with Gasteiger partial charge in [-0.1, -0.05) is 6.42 Å². The number of carbonyl (C=O) groups is 1. The van der Waals surface area contributed by atoms with Gasteiger partial charge in [0, 0.05) is 11.8 Å². The first kappa shape index (κ1) is 5.39. The number of carbonyl (C=O) groups excluding carboxylic acids is 1. The maximum absolute atomic E-state index is 12.5. The number of Topliss-reactive ketones (excluding diaryl/α,β-unsaturated/α-hetero) is 1. The standard InChI is InChI=1S/C7H9FO/c8-6-4-2-1-3-5(4)7(6)9/h4-6H,1-3H2/t4-,5+,6+/m0/s1. The first-order valence-corrected chi connectivity index (χ1v) is 3.48. The van der Waals surface area contributed by atoms with Crippen molar-refractivity contribution < 1.29 is 9.18 Å². The highest BCUT2D eigenvalue weighted by Crippen LogP contribution is 2.45. The van der Waals surface area contributed by atoms with Crippen LogP contribution in [0.25, 0.3) is 0 Å². The molecule has 0 amide bonds. The highest BCUT2D eigenvalue weighted by molar-refractivity contribution is 5.92. The molecule has 0 unspecified atom stereocenters. The Morgan fingerprint density at radius 3 is 2.89 bits per heavy atom. The quantitative estimate of drug-likeness (QED) is 0.481. The monoisotopic (exact) mass is 128 g/mol. The molecule has 2 saturated carbocycles. The summed E-state index contributed by atoms with van der Waals surface area (Å²) >= 11 is 0. The molecule has 2 fully saturated rings. The van der Waals surface area contributed by atoms with Crippen LogP contribution in [0.2, 0.25) is 0 Å². The van der Waals surface area contributed by atoms with Gasteiger partial charge in [-0.15, -0.1) is 0 Å². The lowest BCUT2D eigenvalue weighted by Gasteiger charge is -2.32. The van der Waals surface area contributed by atoms with Gasteiger partial charge in [-0.05, 0) is 12.8 Å². The highest BCUT2D eigenvalue weighted by atomic mass is 19.1. The number of rotatable bonds is 0. The van der Waals surface area contributed by atoms with E-state index in [0.29, 0.717) is 0 Å². The van der Waals surface area contributed by atoms with Gasteiger partial charge in [-0.2, -0.15) is 0 Å². The van der Waals surface area contributed by atoms with Crippen LogP contribution in [0.1, 0.15) is 19.3 Å². The van der Waals surface area contributed by atoms with Crippen molar-refractivity contribution >= 4 is 5.78 Å². The van der Waals surface area contributed by atoms with Crippen LogP contribution in [0.5, 0.6) is 0 Å². The Morgan fingerprint density at radius 1 is 1.44 bits per heavy atom. The maximum atomic E-state index is 12.5. The number of fused-ring (bicyclic) bond motifs is 1. The fraction of sp³-hybridized carbons (Fsp3) is 0.857. The molecule has 0 N–H and O–H groups in total. The van der Waals surface area contributed by atoms with Gasteiger partial charge in [0.2, 0.25) is 0 Å². The fourth-order valence-electron chi connectivity index (χ4n) is 1.99. The minimum Gasteiger partial charge on any atom is -0.296 e. The highest BCUT2D eigenvalue weighted by Gasteiger charge is 2.52. The lowest BCUT2D eigenvalue weighted by Crippen LogP contribution is -2.46. The van der Waals surface area contributed by atoms with Gasteiger partial charge in [-0.3, -0.25) is 4.79 Å². The minimum atomic E-state index is -1.09. The number of alkyl halides is 1. The normalized spacial score (nSPS) is 48.6. The summed E-state index contributed by atoms with van der Waals surface area (Å²) in [6.07, 6.45) is 1.86. The third-order valence-corrected chi connectivity index (χ3v) is 2.58. The largest absolute Gasteiger partial charge is 0.296 e. The van der Waals surface area contributed by atoms with Gasteiger partial charge in [0.15, 0.2) is 12.0 Å². The Kier molecular flexibility index (Phi) is 0.930. The van der Waals surface area contributed by atoms with Crippen molar-refractivity contribution in [1.29, 1.82) is 0 Å². The second-order valence-electron chi connectivity index (χ2n) is 3.01. The topological polar surface area (TPSA) is 17.1 Å². The molecule has 0 aliphatic heterocycles. The van der Waals surface area contributed by atoms with E-state index in [0.717, 1.165) is 19.3 Å². The molecule has 2 heteroatoms. The lowest BCUT2D eigenvalue weighted by molar-refractivity contribution is -0.142. The number of hydrogen-bond donors (Lipinski definition) is 0. The molecule has 0 heterocycles. The predicted octanol–water partition coefficient (Wildman–Crippen LogP) is 1.32. The molecule has 9 heavy (non-hydrogen) atoms. The van der Waals surface area contributed by atoms with Crippen molar-refractivity contribution in [2.24, 2.45) is 11.8 Å². The first-order chi connectivity index (χ1) is 4.30. The summed E-state index contributed by atoms with van der Waals surface area (Å²) in [6, 6.07) is 0. The van der Waals surface area contributed by atoms with E-state index in [4.69, 9.17) is 0 Å². The number of hydrogen-bond acceptors (Lipinski definition) is 1. The smallest absolute Gasteiger partial charge is 0.170 e. The molecular formula is C7H9FO. The second-order valence-corrected chi connectivity index (χ2v) is 3.01. The van der Waals surface area contributed by atoms with E-state index in [1.165, 1.54) is 0 Å². The third kappa shape index (κ3) is 0.511. The van der Waals surface area contributed by atoms with E-state index >= 15 is 0 Å². The van der Waals surface area contributed by atoms with Crippen molar-refractivity contribution in [3.05, 3.63) is 0 Å². The lowest BCUT2D eigenvalue weighted by atomic mass is 9.73. The molecule has 50 valence electrons. The van der Waals surface area contributed by atoms with Crippen LogP contribution in [-0.2, 0) is 4.79 Å². The number of ketones is 1. The average molecular weight is 128 g/mol. The molecule has 1 nitrogen and oxygen atoms in total. The molecule has 3 atom stereocenters. The molecule has 0 radical (unpaired) electrons. The maximum Gasteiger partial charge on any atom is 0.170 e. The fourth-order valence-corrected chi connectivity index (χ4v) is 1.99. The second kappa shape index (κ2) is 1.55. The van der Waals surface area contributed by atoms with Crippen molar-refractivity contribution in [2.75, 3.05) is 0 Å². The Balaban J connectivity index is 2.14. The Morgan fingerprint density at radius 2 is 2.22 bits per heavy atom. The van der Waals surface area contributed by atoms with Crippen LogP contribution >= 0.6 is 0 Å². The van der Waals surface area contributed by atoms with E-state index in [1.807, 2.05) is 0 Å². The summed E-state index contributed by atoms with van der Waals surface area (Å²) in [7, 11) is 0. The summed E-state index contributed by atoms with van der Waals surface area (Å²) in [5, 5.41) is 0. The van der Waals surface area contributed by atoms with Crippen LogP contribution < -0.4 is 0 Å². The van der Waals surface area contributed by atoms with Gasteiger partial charge in [0.05, 0.1) is 0 Å². The SMILES string of the molecule is O=C1[C@H](F)[C@H]2CCC[C@@H]12. The summed E-state index contributed by atoms with van der Waals surface area (Å²) in [5.41, 5.74) is 0. The minimum absolute atomic E-state index is 0.123. The van der Waals surface area contributed by atoms with E-state index < -0.39 is 6.17 Å². The summed E-state index contributed by atoms with van der Waals surface area (Å²) in [6.45, 7) is 0. The van der Waals surface area contributed by atoms with Crippen molar-refractivity contribution in [1.82, 2.24) is 0 Å². The van der Waals surface area contributed by atoms with Crippen LogP contribution in [0.4, 0.5) is 4.39 Å². The van der Waals surface area contributed by atoms with Gasteiger partial charge in [-0.25, -0.2) is 4.39 Å². The van der Waals surface area contributed by atoms with Crippen LogP contribution in [-0.4, -0.2) is 12.0 Å². The van der Waals surface area contributed by atoms with E-state index in [1.54, 1.807) is 0 Å². The first-order valence-electron chi connectivity index (χ1n) is 3.48. The summed E-state index contributed by atoms with van der Waals surface area (Å²) in [5.74, 6) is 0.120. The molecule has 0 bridgehead atoms. The van der Waals surface area contributed by atoms with Gasteiger partial charge < -0.3 is 0 Å². The summed E-state index contributed by atoms with van der Waals surface area (Å²) < 4.78 is 12.5. The summed E-state index contributed by atoms with van der Waals surface area (Å²) in [4.78, 5) is 10.7. The van der Waals surface area contributed by atoms with E-state index in [9.17, 15) is 9.18 Å². The van der Waals surface area contributed by atoms with Crippen molar-refractivity contribution in [3.8, 4) is 0 Å². The Labute approximate surface area is 53.2 Å². The van der Waals surface area contributed by atoms with E-state index in [-0.39, 0.29) is 17.6 Å². The van der Waals surface area contributed by atoms with Crippen LogP contribution in [0, 0.1) is 11.8 Å². The van der Waals surface area contributed by atoms with Gasteiger partial charge in [0.1, 0.15) is 0 Å². The molecule has 0 aromatic rings. The molecule has 0 aromatic heterocycles. The molecule has 2 aliphatic carbocycles. The molecule has 2 aliphatic rings. The van der Waals surface area contributed by atoms with E-state index in [2.05, 4.69) is 0 Å². The van der Waals surface area contributed by atoms with Gasteiger partial charge in [0.25, 0.3) is 0 Å². The Bertz CT molecular complexity index is 155. The predicted molar refractivity (Wildman–Crippen MR) is 30.7 cm³/mol. The van der Waals surface area contributed by atoms with Crippen molar-refractivity contribution in [3.63, 3.8) is 0 Å². The molecule has 0 spiro atoms. The van der Waals surface area contributed by atoms with Crippen LogP contribution in [0.3, 0.4) is 0 Å². The molecule has 0 aromatic carbocycles. The van der Waals surface area contributed by atoms with Crippen molar-refractivity contribution in [2.45, 2.75) is 25.4 Å². The number of halogens is 1. The molecular weight excluding hydrogens is 119 g/mol. The van der Waals surface area contributed by atoms with Gasteiger partial charge >= 0.3 is 0 Å².